The van der Waals surface area contributed by atoms with Crippen LogP contribution in [0.5, 0.6) is 5.88 Å². The lowest BCUT2D eigenvalue weighted by Crippen LogP contribution is -2.01. The molecular weight excluding hydrogens is 310 g/mol. The summed E-state index contributed by atoms with van der Waals surface area (Å²) in [5, 5.41) is 18.5. The highest BCUT2D eigenvalue weighted by Gasteiger charge is 2.17. The van der Waals surface area contributed by atoms with Gasteiger partial charge >= 0.3 is 5.97 Å². The number of carboxylic acid groups (broad SMARTS) is 1. The van der Waals surface area contributed by atoms with Crippen LogP contribution in [0.4, 0.5) is 0 Å². The lowest BCUT2D eigenvalue weighted by Gasteiger charge is -2.02. The number of nitrogens with zero attached hydrogens (tertiary/aromatic N) is 5. The molecule has 1 N–H and O–H groups in total. The fourth-order valence-corrected chi connectivity index (χ4v) is 2.65. The van der Waals surface area contributed by atoms with Crippen molar-refractivity contribution in [3.05, 3.63) is 34.8 Å². The molecule has 0 saturated carbocycles. The highest BCUT2D eigenvalue weighted by Crippen LogP contribution is 2.23. The van der Waals surface area contributed by atoms with Crippen LogP contribution in [0.15, 0.2) is 12.3 Å². The molecular formula is C16H17N5O3. The molecule has 0 aromatic carbocycles. The first-order chi connectivity index (χ1) is 11.4. The van der Waals surface area contributed by atoms with Gasteiger partial charge in [0.15, 0.2) is 5.65 Å². The van der Waals surface area contributed by atoms with Crippen molar-refractivity contribution in [2.45, 2.75) is 6.92 Å². The molecule has 8 nitrogen and oxygen atoms in total. The number of fused-ring (bicyclic) bond motifs is 1. The van der Waals surface area contributed by atoms with Gasteiger partial charge in [0.2, 0.25) is 5.88 Å². The zero-order chi connectivity index (χ0) is 17.4. The number of methoxy groups -OCH3 is 1. The van der Waals surface area contributed by atoms with Crippen LogP contribution in [0, 0.1) is 6.92 Å². The molecule has 0 aliphatic rings. The Balaban J connectivity index is 2.11. The molecule has 3 rings (SSSR count). The zero-order valence-corrected chi connectivity index (χ0v) is 13.8. The van der Waals surface area contributed by atoms with Crippen LogP contribution in [0.1, 0.15) is 27.3 Å². The number of aromatic carboxylic acids is 1. The smallest absolute Gasteiger partial charge is 0.336 e. The number of pyridine rings is 1. The molecule has 0 atom stereocenters. The minimum absolute atomic E-state index is 0.184. The maximum absolute atomic E-state index is 11.6. The Hall–Kier alpha value is -3.16. The minimum atomic E-state index is -1.01. The quantitative estimate of drug-likeness (QED) is 0.786. The monoisotopic (exact) mass is 327 g/mol. The second-order valence-corrected chi connectivity index (χ2v) is 5.41. The highest BCUT2D eigenvalue weighted by atomic mass is 16.5. The van der Waals surface area contributed by atoms with E-state index in [4.69, 9.17) is 4.74 Å². The Labute approximate surface area is 138 Å². The number of carbonyl (C=O) groups is 1. The third kappa shape index (κ3) is 2.62. The third-order valence-electron chi connectivity index (χ3n) is 3.67. The summed E-state index contributed by atoms with van der Waals surface area (Å²) in [6.45, 7) is 1.77. The van der Waals surface area contributed by atoms with Crippen LogP contribution in [0.2, 0.25) is 0 Å². The number of hydrogen-bond donors (Lipinski definition) is 1. The highest BCUT2D eigenvalue weighted by molar-refractivity contribution is 6.03. The maximum atomic E-state index is 11.6. The molecule has 0 fully saturated rings. The molecule has 124 valence electrons. The van der Waals surface area contributed by atoms with Gasteiger partial charge < -0.3 is 9.84 Å². The van der Waals surface area contributed by atoms with Crippen molar-refractivity contribution >= 4 is 29.2 Å². The van der Waals surface area contributed by atoms with Gasteiger partial charge in [-0.15, -0.1) is 5.10 Å². The van der Waals surface area contributed by atoms with Gasteiger partial charge in [0.05, 0.1) is 35.0 Å². The van der Waals surface area contributed by atoms with E-state index in [1.807, 2.05) is 0 Å². The summed E-state index contributed by atoms with van der Waals surface area (Å²) < 4.78 is 8.42. The standard InChI is InChI=1S/C16H17N5O3/c1-9-13-12(16(22)23)7-11(17-14(13)21(3)18-9)6-5-10-8-20(2)19-15(10)24-4/h5-8H,1-4H3,(H,22,23)/b6-5+. The van der Waals surface area contributed by atoms with E-state index in [2.05, 4.69) is 15.2 Å². The van der Waals surface area contributed by atoms with E-state index in [-0.39, 0.29) is 5.56 Å². The first kappa shape index (κ1) is 15.7. The third-order valence-corrected chi connectivity index (χ3v) is 3.67. The molecule has 8 heteroatoms. The van der Waals surface area contributed by atoms with Crippen molar-refractivity contribution in [2.75, 3.05) is 7.11 Å². The van der Waals surface area contributed by atoms with Crippen molar-refractivity contribution in [3.8, 4) is 5.88 Å². The van der Waals surface area contributed by atoms with E-state index in [0.29, 0.717) is 28.3 Å². The summed E-state index contributed by atoms with van der Waals surface area (Å²) >= 11 is 0. The van der Waals surface area contributed by atoms with E-state index in [9.17, 15) is 9.90 Å². The average Bonchev–Trinajstić information content (AvgIpc) is 3.04. The van der Waals surface area contributed by atoms with Crippen molar-refractivity contribution < 1.29 is 14.6 Å². The Morgan fingerprint density at radius 2 is 2.04 bits per heavy atom. The number of rotatable bonds is 4. The van der Waals surface area contributed by atoms with Crippen molar-refractivity contribution in [3.63, 3.8) is 0 Å². The van der Waals surface area contributed by atoms with Crippen LogP contribution < -0.4 is 4.74 Å². The molecule has 0 spiro atoms. The fraction of sp³-hybridized carbons (Fsp3) is 0.250. The Morgan fingerprint density at radius 1 is 1.29 bits per heavy atom. The van der Waals surface area contributed by atoms with Gasteiger partial charge in [0, 0.05) is 20.3 Å². The molecule has 0 amide bonds. The van der Waals surface area contributed by atoms with Crippen LogP contribution in [0.3, 0.4) is 0 Å². The summed E-state index contributed by atoms with van der Waals surface area (Å²) in [6, 6.07) is 1.54. The van der Waals surface area contributed by atoms with Crippen molar-refractivity contribution in [1.82, 2.24) is 24.5 Å². The summed E-state index contributed by atoms with van der Waals surface area (Å²) in [7, 11) is 5.08. The van der Waals surface area contributed by atoms with Crippen LogP contribution >= 0.6 is 0 Å². The van der Waals surface area contributed by atoms with Gasteiger partial charge in [-0.3, -0.25) is 9.36 Å². The largest absolute Gasteiger partial charge is 0.480 e. The Morgan fingerprint density at radius 3 is 2.71 bits per heavy atom. The van der Waals surface area contributed by atoms with Gasteiger partial charge in [0.1, 0.15) is 0 Å². The van der Waals surface area contributed by atoms with E-state index in [0.717, 1.165) is 5.56 Å². The summed E-state index contributed by atoms with van der Waals surface area (Å²) in [6.07, 6.45) is 5.32. The van der Waals surface area contributed by atoms with Gasteiger partial charge in [-0.2, -0.15) is 5.10 Å². The molecule has 0 unspecified atom stereocenters. The Kier molecular flexibility index (Phi) is 3.80. The molecule has 0 aliphatic heterocycles. The SMILES string of the molecule is COc1nn(C)cc1/C=C/c1cc(C(=O)O)c2c(C)nn(C)c2n1. The number of ether oxygens (including phenoxy) is 1. The van der Waals surface area contributed by atoms with Gasteiger partial charge in [-0.1, -0.05) is 0 Å². The molecule has 3 aromatic heterocycles. The van der Waals surface area contributed by atoms with Gasteiger partial charge in [-0.25, -0.2) is 9.78 Å². The van der Waals surface area contributed by atoms with Crippen molar-refractivity contribution in [1.29, 1.82) is 0 Å². The molecule has 0 aliphatic carbocycles. The molecule has 0 saturated heterocycles. The van der Waals surface area contributed by atoms with E-state index < -0.39 is 5.97 Å². The van der Waals surface area contributed by atoms with Gasteiger partial charge in [0.25, 0.3) is 0 Å². The lowest BCUT2D eigenvalue weighted by atomic mass is 10.1. The average molecular weight is 327 g/mol. The topological polar surface area (TPSA) is 95.1 Å². The normalized spacial score (nSPS) is 11.5. The van der Waals surface area contributed by atoms with E-state index in [1.54, 1.807) is 61.9 Å². The van der Waals surface area contributed by atoms with Crippen molar-refractivity contribution in [2.24, 2.45) is 14.1 Å². The van der Waals surface area contributed by atoms with Gasteiger partial charge in [-0.05, 0) is 25.1 Å². The molecule has 0 bridgehead atoms. The number of aryl methyl sites for hydroxylation is 3. The lowest BCUT2D eigenvalue weighted by molar-refractivity contribution is 0.0699. The zero-order valence-electron chi connectivity index (χ0n) is 13.8. The van der Waals surface area contributed by atoms with E-state index in [1.165, 1.54) is 0 Å². The summed E-state index contributed by atoms with van der Waals surface area (Å²) in [5.74, 6) is -0.517. The molecule has 3 heterocycles. The first-order valence-corrected chi connectivity index (χ1v) is 7.24. The van der Waals surface area contributed by atoms with E-state index >= 15 is 0 Å². The Bertz CT molecular complexity index is 968. The molecule has 0 radical (unpaired) electrons. The second-order valence-electron chi connectivity index (χ2n) is 5.41. The summed E-state index contributed by atoms with van der Waals surface area (Å²) in [5.41, 5.74) is 2.66. The van der Waals surface area contributed by atoms with Crippen LogP contribution in [0.25, 0.3) is 23.2 Å². The maximum Gasteiger partial charge on any atom is 0.336 e. The first-order valence-electron chi connectivity index (χ1n) is 7.24. The van der Waals surface area contributed by atoms with Crippen LogP contribution in [-0.2, 0) is 14.1 Å². The summed E-state index contributed by atoms with van der Waals surface area (Å²) in [4.78, 5) is 16.1. The molecule has 24 heavy (non-hydrogen) atoms. The predicted molar refractivity (Wildman–Crippen MR) is 88.9 cm³/mol. The number of aromatic nitrogens is 5. The molecule has 3 aromatic rings. The predicted octanol–water partition coefficient (Wildman–Crippen LogP) is 1.89. The number of hydrogen-bond acceptors (Lipinski definition) is 5. The minimum Gasteiger partial charge on any atom is -0.480 e. The second kappa shape index (κ2) is 5.80. The van der Waals surface area contributed by atoms with Crippen LogP contribution in [-0.4, -0.2) is 42.7 Å². The number of carboxylic acids is 1. The fourth-order valence-electron chi connectivity index (χ4n) is 2.65.